The van der Waals surface area contributed by atoms with Crippen LogP contribution in [0.3, 0.4) is 0 Å². The minimum Gasteiger partial charge on any atom is -0.478 e. The third-order valence-electron chi connectivity index (χ3n) is 7.25. The van der Waals surface area contributed by atoms with Gasteiger partial charge in [0.05, 0.1) is 24.4 Å². The maximum Gasteiger partial charge on any atom is 0.335 e. The highest BCUT2D eigenvalue weighted by atomic mass is 19.1. The molecule has 1 saturated carbocycles. The first-order chi connectivity index (χ1) is 18.0. The minimum atomic E-state index is -0.932. The quantitative estimate of drug-likeness (QED) is 0.264. The van der Waals surface area contributed by atoms with Gasteiger partial charge < -0.3 is 20.3 Å². The molecular formula is C32H38FNO4. The highest BCUT2D eigenvalue weighted by molar-refractivity contribution is 5.90. The first-order valence-electron chi connectivity index (χ1n) is 13.3. The Labute approximate surface area is 224 Å². The molecule has 202 valence electrons. The van der Waals surface area contributed by atoms with E-state index in [2.05, 4.69) is 11.4 Å². The smallest absolute Gasteiger partial charge is 0.335 e. The fourth-order valence-electron chi connectivity index (χ4n) is 4.94. The molecule has 3 aromatic rings. The molecule has 1 aliphatic rings. The molecule has 0 amide bonds. The molecule has 2 atom stereocenters. The van der Waals surface area contributed by atoms with Crippen molar-refractivity contribution >= 4 is 5.97 Å². The maximum atomic E-state index is 14.0. The van der Waals surface area contributed by atoms with E-state index in [9.17, 15) is 19.4 Å². The van der Waals surface area contributed by atoms with Gasteiger partial charge in [-0.15, -0.1) is 0 Å². The van der Waals surface area contributed by atoms with Crippen molar-refractivity contribution in [1.82, 2.24) is 5.32 Å². The molecule has 38 heavy (non-hydrogen) atoms. The molecule has 0 spiro atoms. The lowest BCUT2D eigenvalue weighted by Gasteiger charge is -2.29. The number of hydrogen-bond acceptors (Lipinski definition) is 4. The number of aryl methyl sites for hydroxylation is 2. The summed E-state index contributed by atoms with van der Waals surface area (Å²) in [7, 11) is 0. The second-order valence-electron chi connectivity index (χ2n) is 11.2. The number of carbonyl (C=O) groups is 1. The van der Waals surface area contributed by atoms with Gasteiger partial charge in [0.25, 0.3) is 0 Å². The fraction of sp³-hybridized carbons (Fsp3) is 0.406. The number of benzene rings is 3. The lowest BCUT2D eigenvalue weighted by Crippen LogP contribution is -2.46. The van der Waals surface area contributed by atoms with Crippen molar-refractivity contribution in [2.24, 2.45) is 5.92 Å². The van der Waals surface area contributed by atoms with Crippen molar-refractivity contribution in [3.63, 3.8) is 0 Å². The van der Waals surface area contributed by atoms with Gasteiger partial charge >= 0.3 is 5.97 Å². The average Bonchev–Trinajstić information content (AvgIpc) is 3.70. The van der Waals surface area contributed by atoms with E-state index in [4.69, 9.17) is 4.74 Å². The molecule has 3 aromatic carbocycles. The number of β-amino-alcohol motifs (C(OH)–C–C–N with tert-alkyl or cyclic N) is 1. The van der Waals surface area contributed by atoms with Gasteiger partial charge in [0.15, 0.2) is 0 Å². The van der Waals surface area contributed by atoms with Crippen LogP contribution in [-0.2, 0) is 11.2 Å². The number of nitrogens with one attached hydrogen (secondary N) is 1. The Morgan fingerprint density at radius 1 is 1.08 bits per heavy atom. The van der Waals surface area contributed by atoms with Gasteiger partial charge in [-0.2, -0.15) is 0 Å². The van der Waals surface area contributed by atoms with E-state index in [1.54, 1.807) is 25.1 Å². The molecular weight excluding hydrogens is 481 g/mol. The monoisotopic (exact) mass is 519 g/mol. The minimum absolute atomic E-state index is 0.149. The summed E-state index contributed by atoms with van der Waals surface area (Å²) in [6.45, 7) is 8.19. The van der Waals surface area contributed by atoms with Crippen molar-refractivity contribution in [2.45, 2.75) is 64.7 Å². The number of aromatic carboxylic acids is 1. The first-order valence-corrected chi connectivity index (χ1v) is 13.3. The van der Waals surface area contributed by atoms with Crippen LogP contribution < -0.4 is 5.32 Å². The second kappa shape index (κ2) is 11.8. The number of rotatable bonds is 12. The molecule has 0 bridgehead atoms. The van der Waals surface area contributed by atoms with Crippen LogP contribution in [-0.4, -0.2) is 41.0 Å². The number of aliphatic hydroxyl groups excluding tert-OH is 1. The molecule has 0 saturated heterocycles. The summed E-state index contributed by atoms with van der Waals surface area (Å²) in [6, 6.07) is 18.8. The topological polar surface area (TPSA) is 78.8 Å². The number of ether oxygens (including phenoxy) is 1. The standard InChI is InChI=1S/C32H38FNO4/c1-20-9-10-22(16-29(20)33)17-32(3,4)34-18-25(35)19-38-30(23-11-12-23)28-8-6-5-7-27(28)24-13-14-26(31(36)37)21(2)15-24/h5-10,13-16,23,25,30,34-35H,11-12,17-19H2,1-4H3,(H,36,37)/t25-,30?/m1/s1. The predicted molar refractivity (Wildman–Crippen MR) is 148 cm³/mol. The fourth-order valence-corrected chi connectivity index (χ4v) is 4.94. The summed E-state index contributed by atoms with van der Waals surface area (Å²) >= 11 is 0. The number of halogens is 1. The highest BCUT2D eigenvalue weighted by Gasteiger charge is 2.35. The molecule has 5 nitrogen and oxygen atoms in total. The van der Waals surface area contributed by atoms with E-state index >= 15 is 0 Å². The van der Waals surface area contributed by atoms with Gasteiger partial charge in [0.1, 0.15) is 5.82 Å². The lowest BCUT2D eigenvalue weighted by atomic mass is 9.92. The zero-order chi connectivity index (χ0) is 27.4. The van der Waals surface area contributed by atoms with Crippen LogP contribution in [0.4, 0.5) is 4.39 Å². The van der Waals surface area contributed by atoms with Crippen LogP contribution in [0.1, 0.15) is 65.4 Å². The molecule has 0 aromatic heterocycles. The summed E-state index contributed by atoms with van der Waals surface area (Å²) in [6.07, 6.45) is 1.93. The molecule has 1 aliphatic carbocycles. The Morgan fingerprint density at radius 2 is 1.82 bits per heavy atom. The summed E-state index contributed by atoms with van der Waals surface area (Å²) in [4.78, 5) is 11.5. The lowest BCUT2D eigenvalue weighted by molar-refractivity contribution is -0.0209. The van der Waals surface area contributed by atoms with E-state index in [0.29, 0.717) is 35.6 Å². The van der Waals surface area contributed by atoms with Crippen molar-refractivity contribution in [2.75, 3.05) is 13.2 Å². The number of carboxylic acids is 1. The maximum absolute atomic E-state index is 14.0. The Bertz CT molecular complexity index is 1280. The largest absolute Gasteiger partial charge is 0.478 e. The molecule has 3 N–H and O–H groups in total. The summed E-state index contributed by atoms with van der Waals surface area (Å²) in [5.41, 5.74) is 5.25. The van der Waals surface area contributed by atoms with E-state index in [0.717, 1.165) is 35.1 Å². The van der Waals surface area contributed by atoms with Crippen molar-refractivity contribution in [3.8, 4) is 11.1 Å². The van der Waals surface area contributed by atoms with Gasteiger partial charge in [0.2, 0.25) is 0 Å². The first kappa shape index (κ1) is 28.0. The van der Waals surface area contributed by atoms with Crippen LogP contribution in [0.5, 0.6) is 0 Å². The van der Waals surface area contributed by atoms with Crippen molar-refractivity contribution in [1.29, 1.82) is 0 Å². The number of aliphatic hydroxyl groups is 1. The Balaban J connectivity index is 1.40. The van der Waals surface area contributed by atoms with E-state index < -0.39 is 12.1 Å². The number of carboxylic acid groups (broad SMARTS) is 1. The third-order valence-corrected chi connectivity index (χ3v) is 7.25. The van der Waals surface area contributed by atoms with Gasteiger partial charge in [-0.3, -0.25) is 0 Å². The van der Waals surface area contributed by atoms with Crippen molar-refractivity contribution in [3.05, 3.63) is 94.3 Å². The van der Waals surface area contributed by atoms with Gasteiger partial charge in [-0.1, -0.05) is 48.5 Å². The van der Waals surface area contributed by atoms with Crippen molar-refractivity contribution < 1.29 is 24.1 Å². The Morgan fingerprint density at radius 3 is 2.47 bits per heavy atom. The van der Waals surface area contributed by atoms with Crippen LogP contribution >= 0.6 is 0 Å². The Hall–Kier alpha value is -3.06. The molecule has 0 aliphatic heterocycles. The normalized spacial score (nSPS) is 15.3. The SMILES string of the molecule is Cc1ccc(CC(C)(C)NC[C@@H](O)COC(c2ccccc2-c2ccc(C(=O)O)c(C)c2)C2CC2)cc1F. The summed E-state index contributed by atoms with van der Waals surface area (Å²) in [5.74, 6) is -0.743. The summed E-state index contributed by atoms with van der Waals surface area (Å²) < 4.78 is 20.3. The predicted octanol–water partition coefficient (Wildman–Crippen LogP) is 6.25. The van der Waals surface area contributed by atoms with E-state index in [-0.39, 0.29) is 24.1 Å². The van der Waals surface area contributed by atoms with Crippen LogP contribution in [0, 0.1) is 25.6 Å². The van der Waals surface area contributed by atoms with Gasteiger partial charge in [-0.25, -0.2) is 9.18 Å². The van der Waals surface area contributed by atoms with Crippen LogP contribution in [0.2, 0.25) is 0 Å². The number of hydrogen-bond donors (Lipinski definition) is 3. The van der Waals surface area contributed by atoms with Gasteiger partial charge in [0, 0.05) is 12.1 Å². The second-order valence-corrected chi connectivity index (χ2v) is 11.2. The highest BCUT2D eigenvalue weighted by Crippen LogP contribution is 2.46. The Kier molecular flexibility index (Phi) is 8.66. The van der Waals surface area contributed by atoms with Crippen LogP contribution in [0.15, 0.2) is 60.7 Å². The van der Waals surface area contributed by atoms with E-state index in [1.165, 1.54) is 0 Å². The van der Waals surface area contributed by atoms with Gasteiger partial charge in [-0.05, 0) is 98.4 Å². The zero-order valence-electron chi connectivity index (χ0n) is 22.6. The molecule has 4 rings (SSSR count). The average molecular weight is 520 g/mol. The summed E-state index contributed by atoms with van der Waals surface area (Å²) in [5, 5.41) is 23.6. The third kappa shape index (κ3) is 7.07. The molecule has 6 heteroatoms. The van der Waals surface area contributed by atoms with Crippen LogP contribution in [0.25, 0.3) is 11.1 Å². The van der Waals surface area contributed by atoms with E-state index in [1.807, 2.05) is 57.2 Å². The molecule has 1 unspecified atom stereocenters. The molecule has 1 fully saturated rings. The molecule has 0 radical (unpaired) electrons. The molecule has 0 heterocycles. The zero-order valence-corrected chi connectivity index (χ0v) is 22.6.